The van der Waals surface area contributed by atoms with Crippen LogP contribution in [0.3, 0.4) is 0 Å². The van der Waals surface area contributed by atoms with Crippen molar-refractivity contribution >= 4 is 23.6 Å². The number of hydrogen-bond donors (Lipinski definition) is 3. The van der Waals surface area contributed by atoms with Crippen LogP contribution in [0, 0.1) is 11.3 Å². The van der Waals surface area contributed by atoms with Gasteiger partial charge in [0.2, 0.25) is 5.91 Å². The van der Waals surface area contributed by atoms with Gasteiger partial charge in [0.05, 0.1) is 18.2 Å². The van der Waals surface area contributed by atoms with Crippen LogP contribution in [-0.4, -0.2) is 41.6 Å². The molecular weight excluding hydrogens is 302 g/mol. The summed E-state index contributed by atoms with van der Waals surface area (Å²) in [5, 5.41) is 23.4. The van der Waals surface area contributed by atoms with E-state index in [-0.39, 0.29) is 12.5 Å². The van der Waals surface area contributed by atoms with Crippen molar-refractivity contribution in [3.63, 3.8) is 0 Å². The molecule has 1 aromatic carbocycles. The van der Waals surface area contributed by atoms with Crippen molar-refractivity contribution in [1.82, 2.24) is 10.6 Å². The molecule has 1 rings (SSSR count). The third-order valence-corrected chi connectivity index (χ3v) is 3.63. The molecule has 0 radical (unpaired) electrons. The van der Waals surface area contributed by atoms with Crippen LogP contribution < -0.4 is 10.6 Å². The van der Waals surface area contributed by atoms with Gasteiger partial charge in [-0.3, -0.25) is 4.79 Å². The number of hydrogen-bond acceptors (Lipinski definition) is 5. The maximum absolute atomic E-state index is 11.8. The number of aliphatic carboxylic acids is 1. The Hall–Kier alpha value is -2.04. The highest BCUT2D eigenvalue weighted by atomic mass is 32.2. The summed E-state index contributed by atoms with van der Waals surface area (Å²) in [6.45, 7) is 0.377. The first kappa shape index (κ1) is 18.0. The Morgan fingerprint density at radius 2 is 2.14 bits per heavy atom. The summed E-state index contributed by atoms with van der Waals surface area (Å²) in [6, 6.07) is 8.33. The molecule has 0 heterocycles. The number of carboxylic acid groups (broad SMARTS) is 1. The number of rotatable bonds is 9. The molecule has 1 amide bonds. The Morgan fingerprint density at radius 3 is 2.77 bits per heavy atom. The molecular formula is C15H19N3O3S. The zero-order chi connectivity index (χ0) is 16.4. The maximum Gasteiger partial charge on any atom is 0.326 e. The number of carboxylic acids is 1. The average Bonchev–Trinajstić information content (AvgIpc) is 2.51. The highest BCUT2D eigenvalue weighted by molar-refractivity contribution is 7.98. The van der Waals surface area contributed by atoms with Gasteiger partial charge < -0.3 is 15.7 Å². The van der Waals surface area contributed by atoms with E-state index in [2.05, 4.69) is 16.7 Å². The minimum Gasteiger partial charge on any atom is -0.480 e. The predicted molar refractivity (Wildman–Crippen MR) is 85.4 cm³/mol. The fourth-order valence-corrected chi connectivity index (χ4v) is 2.30. The first-order valence-electron chi connectivity index (χ1n) is 6.78. The fraction of sp³-hybridized carbons (Fsp3) is 0.400. The lowest BCUT2D eigenvalue weighted by atomic mass is 10.1. The minimum atomic E-state index is -1.03. The van der Waals surface area contributed by atoms with Gasteiger partial charge in [-0.25, -0.2) is 4.79 Å². The average molecular weight is 321 g/mol. The Bertz CT molecular complexity index is 557. The minimum absolute atomic E-state index is 0.00279. The number of nitrogens with zero attached hydrogens (tertiary/aromatic N) is 1. The first-order chi connectivity index (χ1) is 10.6. The number of carbonyl (C=O) groups is 2. The van der Waals surface area contributed by atoms with Crippen LogP contribution in [0.25, 0.3) is 0 Å². The summed E-state index contributed by atoms with van der Waals surface area (Å²) in [5.74, 6) is -0.736. The van der Waals surface area contributed by atoms with Gasteiger partial charge in [-0.15, -0.1) is 0 Å². The molecule has 0 aliphatic rings. The monoisotopic (exact) mass is 321 g/mol. The van der Waals surface area contributed by atoms with E-state index in [1.165, 1.54) is 11.8 Å². The van der Waals surface area contributed by atoms with Crippen molar-refractivity contribution in [2.75, 3.05) is 18.6 Å². The smallest absolute Gasteiger partial charge is 0.326 e. The van der Waals surface area contributed by atoms with Crippen LogP contribution in [0.5, 0.6) is 0 Å². The van der Waals surface area contributed by atoms with Gasteiger partial charge in [0.1, 0.15) is 6.04 Å². The first-order valence-corrected chi connectivity index (χ1v) is 8.17. The largest absolute Gasteiger partial charge is 0.480 e. The molecule has 1 atom stereocenters. The van der Waals surface area contributed by atoms with Crippen LogP contribution in [0.2, 0.25) is 0 Å². The molecule has 7 heteroatoms. The highest BCUT2D eigenvalue weighted by Gasteiger charge is 2.18. The molecule has 0 aromatic heterocycles. The van der Waals surface area contributed by atoms with E-state index in [0.29, 0.717) is 24.3 Å². The Labute approximate surface area is 133 Å². The molecule has 118 valence electrons. The molecule has 0 aliphatic heterocycles. The summed E-state index contributed by atoms with van der Waals surface area (Å²) in [7, 11) is 0. The van der Waals surface area contributed by atoms with Crippen LogP contribution >= 0.6 is 11.8 Å². The lowest BCUT2D eigenvalue weighted by Crippen LogP contribution is -2.44. The van der Waals surface area contributed by atoms with Crippen LogP contribution in [0.15, 0.2) is 24.3 Å². The predicted octanol–water partition coefficient (Wildman–Crippen LogP) is 0.970. The van der Waals surface area contributed by atoms with E-state index >= 15 is 0 Å². The van der Waals surface area contributed by atoms with Crippen LogP contribution in [0.4, 0.5) is 0 Å². The van der Waals surface area contributed by atoms with E-state index < -0.39 is 12.0 Å². The lowest BCUT2D eigenvalue weighted by Gasteiger charge is -2.14. The zero-order valence-corrected chi connectivity index (χ0v) is 13.2. The van der Waals surface area contributed by atoms with Gasteiger partial charge in [-0.2, -0.15) is 17.0 Å². The van der Waals surface area contributed by atoms with Gasteiger partial charge in [-0.1, -0.05) is 18.2 Å². The Morgan fingerprint density at radius 1 is 1.41 bits per heavy atom. The highest BCUT2D eigenvalue weighted by Crippen LogP contribution is 2.06. The number of benzene rings is 1. The summed E-state index contributed by atoms with van der Waals surface area (Å²) in [6.07, 6.45) is 2.27. The normalized spacial score (nSPS) is 11.5. The van der Waals surface area contributed by atoms with Gasteiger partial charge in [0, 0.05) is 6.54 Å². The Balaban J connectivity index is 2.42. The molecule has 22 heavy (non-hydrogen) atoms. The summed E-state index contributed by atoms with van der Waals surface area (Å²) < 4.78 is 0. The van der Waals surface area contributed by atoms with Gasteiger partial charge >= 0.3 is 5.97 Å². The maximum atomic E-state index is 11.8. The van der Waals surface area contributed by atoms with Crippen molar-refractivity contribution in [1.29, 1.82) is 5.26 Å². The number of thioether (sulfide) groups is 1. The molecule has 0 bridgehead atoms. The third-order valence-electron chi connectivity index (χ3n) is 2.98. The topological polar surface area (TPSA) is 102 Å². The number of nitrogens with one attached hydrogen (secondary N) is 2. The van der Waals surface area contributed by atoms with Crippen molar-refractivity contribution in [3.05, 3.63) is 35.4 Å². The Kier molecular flexibility index (Phi) is 8.04. The molecule has 3 N–H and O–H groups in total. The van der Waals surface area contributed by atoms with E-state index in [1.807, 2.05) is 18.4 Å². The molecule has 0 fully saturated rings. The molecule has 0 saturated carbocycles. The van der Waals surface area contributed by atoms with Crippen molar-refractivity contribution in [3.8, 4) is 6.07 Å². The molecule has 0 aliphatic carbocycles. The second-order valence-corrected chi connectivity index (χ2v) is 5.60. The van der Waals surface area contributed by atoms with E-state index in [4.69, 9.17) is 10.4 Å². The molecule has 1 unspecified atom stereocenters. The van der Waals surface area contributed by atoms with Crippen molar-refractivity contribution in [2.24, 2.45) is 0 Å². The van der Waals surface area contributed by atoms with E-state index in [0.717, 1.165) is 5.56 Å². The van der Waals surface area contributed by atoms with Crippen LogP contribution in [0.1, 0.15) is 17.5 Å². The summed E-state index contributed by atoms with van der Waals surface area (Å²) >= 11 is 1.53. The fourth-order valence-electron chi connectivity index (χ4n) is 1.83. The van der Waals surface area contributed by atoms with Gasteiger partial charge in [-0.05, 0) is 30.1 Å². The molecule has 6 nitrogen and oxygen atoms in total. The standard InChI is InChI=1S/C15H19N3O3S/c1-22-7-6-13(15(20)21)18-14(19)10-17-9-12-5-3-2-4-11(12)8-16/h2-5,13,17H,6-7,9-10H2,1H3,(H,18,19)(H,20,21). The lowest BCUT2D eigenvalue weighted by molar-refractivity contribution is -0.141. The van der Waals surface area contributed by atoms with Gasteiger partial charge in [0.25, 0.3) is 0 Å². The second kappa shape index (κ2) is 9.82. The van der Waals surface area contributed by atoms with E-state index in [1.54, 1.807) is 12.1 Å². The molecule has 0 spiro atoms. The number of nitriles is 1. The van der Waals surface area contributed by atoms with Crippen LogP contribution in [-0.2, 0) is 16.1 Å². The number of carbonyl (C=O) groups excluding carboxylic acids is 1. The summed E-state index contributed by atoms with van der Waals surface area (Å²) in [4.78, 5) is 22.8. The second-order valence-electron chi connectivity index (χ2n) is 4.61. The quantitative estimate of drug-likeness (QED) is 0.626. The summed E-state index contributed by atoms with van der Waals surface area (Å²) in [5.41, 5.74) is 1.36. The third kappa shape index (κ3) is 6.16. The van der Waals surface area contributed by atoms with Crippen molar-refractivity contribution < 1.29 is 14.7 Å². The molecule has 0 saturated heterocycles. The number of amides is 1. The molecule has 1 aromatic rings. The van der Waals surface area contributed by atoms with Gasteiger partial charge in [0.15, 0.2) is 0 Å². The van der Waals surface area contributed by atoms with Crippen molar-refractivity contribution in [2.45, 2.75) is 19.0 Å². The zero-order valence-electron chi connectivity index (χ0n) is 12.3. The SMILES string of the molecule is CSCCC(NC(=O)CNCc1ccccc1C#N)C(=O)O. The van der Waals surface area contributed by atoms with E-state index in [9.17, 15) is 9.59 Å².